The summed E-state index contributed by atoms with van der Waals surface area (Å²) in [6.45, 7) is 0. The second-order valence-electron chi connectivity index (χ2n) is 4.58. The van der Waals surface area contributed by atoms with E-state index in [-0.39, 0.29) is 4.77 Å². The molecular formula is C15H8BrIN2O2S. The SMILES string of the molecule is O=C(c1cccc(I)c1)n1c(=S)[nH]c2ccc(Br)cc2c1=O. The summed E-state index contributed by atoms with van der Waals surface area (Å²) in [5.41, 5.74) is 0.594. The molecule has 3 aromatic rings. The molecule has 2 aromatic carbocycles. The summed E-state index contributed by atoms with van der Waals surface area (Å²) in [5.74, 6) is -0.438. The highest BCUT2D eigenvalue weighted by Crippen LogP contribution is 2.16. The van der Waals surface area contributed by atoms with Crippen LogP contribution in [0.1, 0.15) is 10.4 Å². The first kappa shape index (κ1) is 15.6. The van der Waals surface area contributed by atoms with Gasteiger partial charge < -0.3 is 4.98 Å². The third kappa shape index (κ3) is 2.80. The lowest BCUT2D eigenvalue weighted by atomic mass is 10.2. The summed E-state index contributed by atoms with van der Waals surface area (Å²) in [4.78, 5) is 28.2. The van der Waals surface area contributed by atoms with Gasteiger partial charge in [-0.2, -0.15) is 0 Å². The van der Waals surface area contributed by atoms with Crippen molar-refractivity contribution >= 4 is 67.5 Å². The second kappa shape index (κ2) is 6.05. The average Bonchev–Trinajstić information content (AvgIpc) is 2.48. The second-order valence-corrected chi connectivity index (χ2v) is 7.12. The van der Waals surface area contributed by atoms with Crippen molar-refractivity contribution in [3.05, 3.63) is 71.2 Å². The van der Waals surface area contributed by atoms with E-state index < -0.39 is 11.5 Å². The molecule has 0 bridgehead atoms. The van der Waals surface area contributed by atoms with Crippen LogP contribution in [0.15, 0.2) is 51.7 Å². The van der Waals surface area contributed by atoms with Crippen LogP contribution in [0.25, 0.3) is 10.9 Å². The Morgan fingerprint density at radius 2 is 2.00 bits per heavy atom. The summed E-state index contributed by atoms with van der Waals surface area (Å²) >= 11 is 10.6. The molecule has 3 rings (SSSR count). The van der Waals surface area contributed by atoms with Crippen LogP contribution < -0.4 is 5.56 Å². The van der Waals surface area contributed by atoms with Crippen molar-refractivity contribution < 1.29 is 4.79 Å². The van der Waals surface area contributed by atoms with Gasteiger partial charge in [-0.3, -0.25) is 9.59 Å². The quantitative estimate of drug-likeness (QED) is 0.416. The van der Waals surface area contributed by atoms with E-state index in [1.165, 1.54) is 0 Å². The summed E-state index contributed by atoms with van der Waals surface area (Å²) < 4.78 is 2.75. The van der Waals surface area contributed by atoms with Crippen molar-refractivity contribution in [2.45, 2.75) is 0 Å². The van der Waals surface area contributed by atoms with Gasteiger partial charge in [0.15, 0.2) is 4.77 Å². The van der Waals surface area contributed by atoms with Gasteiger partial charge in [-0.1, -0.05) is 22.0 Å². The Kier molecular flexibility index (Phi) is 4.28. The van der Waals surface area contributed by atoms with Crippen molar-refractivity contribution in [1.82, 2.24) is 9.55 Å². The van der Waals surface area contributed by atoms with Gasteiger partial charge in [0.05, 0.1) is 10.9 Å². The van der Waals surface area contributed by atoms with Gasteiger partial charge in [0, 0.05) is 13.6 Å². The number of hydrogen-bond acceptors (Lipinski definition) is 3. The number of carbonyl (C=O) groups is 1. The van der Waals surface area contributed by atoms with Crippen LogP contribution in [0.5, 0.6) is 0 Å². The van der Waals surface area contributed by atoms with Crippen molar-refractivity contribution in [3.63, 3.8) is 0 Å². The summed E-state index contributed by atoms with van der Waals surface area (Å²) in [6, 6.07) is 12.2. The molecule has 1 N–H and O–H groups in total. The van der Waals surface area contributed by atoms with Gasteiger partial charge in [0.25, 0.3) is 11.5 Å². The lowest BCUT2D eigenvalue weighted by Gasteiger charge is -2.07. The molecule has 0 aliphatic carbocycles. The van der Waals surface area contributed by atoms with Crippen LogP contribution in [-0.2, 0) is 0 Å². The zero-order valence-electron chi connectivity index (χ0n) is 11.0. The molecule has 0 aliphatic heterocycles. The first-order valence-electron chi connectivity index (χ1n) is 6.22. The number of nitrogens with one attached hydrogen (secondary N) is 1. The minimum Gasteiger partial charge on any atom is -0.331 e. The molecule has 0 unspecified atom stereocenters. The number of aromatic nitrogens is 2. The maximum atomic E-state index is 12.6. The van der Waals surface area contributed by atoms with Crippen LogP contribution in [-0.4, -0.2) is 15.5 Å². The van der Waals surface area contributed by atoms with E-state index in [9.17, 15) is 9.59 Å². The van der Waals surface area contributed by atoms with Crippen LogP contribution in [0, 0.1) is 8.34 Å². The number of nitrogens with zero attached hydrogens (tertiary/aromatic N) is 1. The molecule has 22 heavy (non-hydrogen) atoms. The summed E-state index contributed by atoms with van der Waals surface area (Å²) in [7, 11) is 0. The number of halogens is 2. The van der Waals surface area contributed by atoms with E-state index >= 15 is 0 Å². The molecule has 0 radical (unpaired) electrons. The first-order valence-corrected chi connectivity index (χ1v) is 8.50. The van der Waals surface area contributed by atoms with E-state index in [1.54, 1.807) is 36.4 Å². The number of aromatic amines is 1. The molecule has 0 amide bonds. The predicted molar refractivity (Wildman–Crippen MR) is 100.0 cm³/mol. The first-order chi connectivity index (χ1) is 10.5. The van der Waals surface area contributed by atoms with Crippen LogP contribution in [0.2, 0.25) is 0 Å². The highest BCUT2D eigenvalue weighted by Gasteiger charge is 2.15. The highest BCUT2D eigenvalue weighted by atomic mass is 127. The van der Waals surface area contributed by atoms with Gasteiger partial charge in [-0.15, -0.1) is 0 Å². The molecule has 0 saturated heterocycles. The lowest BCUT2D eigenvalue weighted by molar-refractivity contribution is 0.0953. The molecule has 0 spiro atoms. The summed E-state index contributed by atoms with van der Waals surface area (Å²) in [6.07, 6.45) is 0. The Labute approximate surface area is 152 Å². The number of H-pyrrole nitrogens is 1. The predicted octanol–water partition coefficient (Wildman–Crippen LogP) is 4.11. The van der Waals surface area contributed by atoms with Crippen molar-refractivity contribution in [1.29, 1.82) is 0 Å². The number of fused-ring (bicyclic) bond motifs is 1. The van der Waals surface area contributed by atoms with Gasteiger partial charge in [-0.25, -0.2) is 4.57 Å². The van der Waals surface area contributed by atoms with Crippen LogP contribution in [0.3, 0.4) is 0 Å². The van der Waals surface area contributed by atoms with E-state index in [0.29, 0.717) is 16.5 Å². The maximum Gasteiger partial charge on any atom is 0.269 e. The zero-order chi connectivity index (χ0) is 15.9. The number of benzene rings is 2. The molecule has 0 atom stereocenters. The molecule has 4 nitrogen and oxygen atoms in total. The monoisotopic (exact) mass is 486 g/mol. The molecule has 1 heterocycles. The third-order valence-electron chi connectivity index (χ3n) is 3.13. The standard InChI is InChI=1S/C15H8BrIN2O2S/c16-9-4-5-12-11(7-9)14(21)19(15(22)18-12)13(20)8-2-1-3-10(17)6-8/h1-7H,(H,18,22). The Balaban J connectivity index is 2.29. The van der Waals surface area contributed by atoms with Gasteiger partial charge in [0.1, 0.15) is 0 Å². The molecule has 1 aromatic heterocycles. The average molecular weight is 487 g/mol. The van der Waals surface area contributed by atoms with Crippen molar-refractivity contribution in [2.75, 3.05) is 0 Å². The van der Waals surface area contributed by atoms with E-state index in [1.807, 2.05) is 6.07 Å². The van der Waals surface area contributed by atoms with Gasteiger partial charge >= 0.3 is 0 Å². The zero-order valence-corrected chi connectivity index (χ0v) is 15.5. The molecule has 0 aliphatic rings. The molecule has 110 valence electrons. The Bertz CT molecular complexity index is 1030. The molecule has 7 heteroatoms. The van der Waals surface area contributed by atoms with Crippen molar-refractivity contribution in [3.8, 4) is 0 Å². The fraction of sp³-hybridized carbons (Fsp3) is 0. The van der Waals surface area contributed by atoms with Crippen LogP contribution >= 0.6 is 50.7 Å². The minimum atomic E-state index is -0.438. The maximum absolute atomic E-state index is 12.6. The number of rotatable bonds is 1. The number of carbonyl (C=O) groups excluding carboxylic acids is 1. The highest BCUT2D eigenvalue weighted by molar-refractivity contribution is 14.1. The Morgan fingerprint density at radius 1 is 1.23 bits per heavy atom. The van der Waals surface area contributed by atoms with E-state index in [2.05, 4.69) is 43.5 Å². The molecular weight excluding hydrogens is 479 g/mol. The Morgan fingerprint density at radius 3 is 2.73 bits per heavy atom. The largest absolute Gasteiger partial charge is 0.331 e. The Hall–Kier alpha value is -1.32. The minimum absolute atomic E-state index is 0.0867. The topological polar surface area (TPSA) is 54.9 Å². The smallest absolute Gasteiger partial charge is 0.269 e. The number of hydrogen-bond donors (Lipinski definition) is 1. The molecule has 0 saturated carbocycles. The molecule has 0 fully saturated rings. The fourth-order valence-electron chi connectivity index (χ4n) is 2.12. The fourth-order valence-corrected chi connectivity index (χ4v) is 3.30. The summed E-state index contributed by atoms with van der Waals surface area (Å²) in [5, 5.41) is 0.405. The van der Waals surface area contributed by atoms with Gasteiger partial charge in [-0.05, 0) is 71.2 Å². The van der Waals surface area contributed by atoms with Crippen molar-refractivity contribution in [2.24, 2.45) is 0 Å². The lowest BCUT2D eigenvalue weighted by Crippen LogP contribution is -2.29. The van der Waals surface area contributed by atoms with Crippen LogP contribution in [0.4, 0.5) is 0 Å². The van der Waals surface area contributed by atoms with Gasteiger partial charge in [0.2, 0.25) is 0 Å². The van der Waals surface area contributed by atoms with E-state index in [0.717, 1.165) is 12.6 Å². The van der Waals surface area contributed by atoms with E-state index in [4.69, 9.17) is 12.2 Å². The third-order valence-corrected chi connectivity index (χ3v) is 4.58. The normalized spacial score (nSPS) is 10.8.